The summed E-state index contributed by atoms with van der Waals surface area (Å²) < 4.78 is 47.8. The molecule has 3 atom stereocenters. The number of alkyl halides is 3. The molecule has 3 unspecified atom stereocenters. The molecule has 0 radical (unpaired) electrons. The highest BCUT2D eigenvalue weighted by Crippen LogP contribution is 2.43. The van der Waals surface area contributed by atoms with Crippen LogP contribution in [0.4, 0.5) is 13.2 Å². The monoisotopic (exact) mass is 387 g/mol. The lowest BCUT2D eigenvalue weighted by Crippen LogP contribution is -2.48. The van der Waals surface area contributed by atoms with Gasteiger partial charge in [-0.15, -0.1) is 0 Å². The molecule has 2 aliphatic rings. The Balaban J connectivity index is 1.82. The maximum atomic E-state index is 12.5. The van der Waals surface area contributed by atoms with Crippen LogP contribution in [0.15, 0.2) is 12.1 Å². The van der Waals surface area contributed by atoms with Crippen LogP contribution in [0.2, 0.25) is 0 Å². The van der Waals surface area contributed by atoms with Gasteiger partial charge in [0.05, 0.1) is 13.2 Å². The van der Waals surface area contributed by atoms with Gasteiger partial charge in [-0.3, -0.25) is 4.90 Å². The van der Waals surface area contributed by atoms with Crippen LogP contribution in [0.5, 0.6) is 11.5 Å². The Bertz CT molecular complexity index is 663. The lowest BCUT2D eigenvalue weighted by molar-refractivity contribution is -0.153. The van der Waals surface area contributed by atoms with Gasteiger partial charge >= 0.3 is 6.18 Å². The molecule has 152 valence electrons. The number of aliphatic hydroxyl groups excluding tert-OH is 1. The third kappa shape index (κ3) is 4.69. The number of hydrogen-bond acceptors (Lipinski definition) is 4. The average Bonchev–Trinajstić information content (AvgIpc) is 2.58. The van der Waals surface area contributed by atoms with Crippen molar-refractivity contribution in [3.8, 4) is 11.5 Å². The van der Waals surface area contributed by atoms with E-state index in [1.807, 2.05) is 0 Å². The fourth-order valence-electron chi connectivity index (χ4n) is 4.37. The van der Waals surface area contributed by atoms with E-state index in [1.165, 1.54) is 7.11 Å². The maximum Gasteiger partial charge on any atom is 0.422 e. The fraction of sp³-hybridized carbons (Fsp3) is 0.700. The number of nitrogens with zero attached hydrogens (tertiary/aromatic N) is 1. The number of rotatable bonds is 5. The van der Waals surface area contributed by atoms with Crippen molar-refractivity contribution in [2.45, 2.75) is 51.4 Å². The number of ether oxygens (including phenoxy) is 2. The van der Waals surface area contributed by atoms with Crippen molar-refractivity contribution in [3.63, 3.8) is 0 Å². The predicted octanol–water partition coefficient (Wildman–Crippen LogP) is 3.96. The third-order valence-corrected chi connectivity index (χ3v) is 5.54. The van der Waals surface area contributed by atoms with Gasteiger partial charge in [0, 0.05) is 19.1 Å². The number of piperidine rings is 1. The normalized spacial score (nSPS) is 25.9. The van der Waals surface area contributed by atoms with Crippen LogP contribution >= 0.6 is 0 Å². The summed E-state index contributed by atoms with van der Waals surface area (Å²) in [7, 11) is 1.43. The summed E-state index contributed by atoms with van der Waals surface area (Å²) in [5, 5.41) is 10.6. The van der Waals surface area contributed by atoms with Crippen LogP contribution in [0, 0.1) is 11.8 Å². The second-order valence-electron chi connectivity index (χ2n) is 8.06. The zero-order chi connectivity index (χ0) is 19.8. The molecule has 0 saturated carbocycles. The molecule has 0 bridgehead atoms. The Labute approximate surface area is 158 Å². The lowest BCUT2D eigenvalue weighted by Gasteiger charge is -2.46. The van der Waals surface area contributed by atoms with E-state index >= 15 is 0 Å². The Morgan fingerprint density at radius 3 is 2.63 bits per heavy atom. The molecule has 4 nitrogen and oxygen atoms in total. The number of hydrogen-bond donors (Lipinski definition) is 1. The molecule has 2 aliphatic heterocycles. The van der Waals surface area contributed by atoms with Crippen LogP contribution < -0.4 is 9.47 Å². The smallest absolute Gasteiger partial charge is 0.422 e. The van der Waals surface area contributed by atoms with Crippen LogP contribution in [0.25, 0.3) is 0 Å². The minimum absolute atomic E-state index is 0.0673. The highest BCUT2D eigenvalue weighted by atomic mass is 19.4. The zero-order valence-electron chi connectivity index (χ0n) is 16.1. The van der Waals surface area contributed by atoms with E-state index in [4.69, 9.17) is 9.47 Å². The van der Waals surface area contributed by atoms with Crippen molar-refractivity contribution in [1.29, 1.82) is 0 Å². The number of halogens is 3. The highest BCUT2D eigenvalue weighted by molar-refractivity contribution is 5.49. The summed E-state index contributed by atoms with van der Waals surface area (Å²) >= 11 is 0. The van der Waals surface area contributed by atoms with E-state index in [1.54, 1.807) is 12.1 Å². The van der Waals surface area contributed by atoms with Gasteiger partial charge < -0.3 is 14.6 Å². The second kappa shape index (κ2) is 7.87. The molecule has 1 N–H and O–H groups in total. The summed E-state index contributed by atoms with van der Waals surface area (Å²) in [6, 6.07) is 3.52. The van der Waals surface area contributed by atoms with E-state index in [2.05, 4.69) is 18.7 Å². The first-order valence-corrected chi connectivity index (χ1v) is 9.50. The van der Waals surface area contributed by atoms with Crippen molar-refractivity contribution in [1.82, 2.24) is 4.90 Å². The first-order chi connectivity index (χ1) is 12.7. The summed E-state index contributed by atoms with van der Waals surface area (Å²) in [5.74, 6) is 1.22. The van der Waals surface area contributed by atoms with Crippen LogP contribution in [-0.4, -0.2) is 49.1 Å². The van der Waals surface area contributed by atoms with Crippen molar-refractivity contribution in [3.05, 3.63) is 23.3 Å². The number of methoxy groups -OCH3 is 1. The molecule has 1 aromatic carbocycles. The lowest BCUT2D eigenvalue weighted by atomic mass is 9.79. The van der Waals surface area contributed by atoms with E-state index < -0.39 is 12.8 Å². The Morgan fingerprint density at radius 1 is 1.26 bits per heavy atom. The summed E-state index contributed by atoms with van der Waals surface area (Å²) in [5.41, 5.74) is 2.00. The zero-order valence-corrected chi connectivity index (χ0v) is 16.1. The average molecular weight is 387 g/mol. The van der Waals surface area contributed by atoms with E-state index in [9.17, 15) is 18.3 Å². The molecule has 0 spiro atoms. The fourth-order valence-corrected chi connectivity index (χ4v) is 4.37. The van der Waals surface area contributed by atoms with Gasteiger partial charge in [-0.2, -0.15) is 13.2 Å². The first kappa shape index (κ1) is 20.3. The minimum atomic E-state index is -4.39. The highest BCUT2D eigenvalue weighted by Gasteiger charge is 2.39. The van der Waals surface area contributed by atoms with Gasteiger partial charge in [0.15, 0.2) is 18.1 Å². The molecule has 27 heavy (non-hydrogen) atoms. The van der Waals surface area contributed by atoms with E-state index in [-0.39, 0.29) is 23.8 Å². The van der Waals surface area contributed by atoms with Gasteiger partial charge in [-0.1, -0.05) is 13.8 Å². The van der Waals surface area contributed by atoms with Gasteiger partial charge in [0.2, 0.25) is 0 Å². The molecule has 0 aliphatic carbocycles. The molecule has 1 aromatic rings. The second-order valence-corrected chi connectivity index (χ2v) is 8.06. The molecule has 7 heteroatoms. The number of benzene rings is 1. The Hall–Kier alpha value is -1.47. The van der Waals surface area contributed by atoms with E-state index in [0.29, 0.717) is 18.1 Å². The Morgan fingerprint density at radius 2 is 2.00 bits per heavy atom. The summed E-state index contributed by atoms with van der Waals surface area (Å²) in [4.78, 5) is 2.39. The molecule has 1 fully saturated rings. The van der Waals surface area contributed by atoms with Gasteiger partial charge in [0.1, 0.15) is 0 Å². The largest absolute Gasteiger partial charge is 0.493 e. The van der Waals surface area contributed by atoms with Gasteiger partial charge in [-0.25, -0.2) is 0 Å². The number of aliphatic hydroxyl groups is 1. The third-order valence-electron chi connectivity index (χ3n) is 5.54. The molecule has 3 rings (SSSR count). The summed E-state index contributed by atoms with van der Waals surface area (Å²) in [6.07, 6.45) is -2.38. The van der Waals surface area contributed by atoms with Crippen LogP contribution in [-0.2, 0) is 6.42 Å². The van der Waals surface area contributed by atoms with E-state index in [0.717, 1.165) is 37.1 Å². The standard InChI is InChI=1S/C20H28F3NO3/c1-12(2)6-14-10-24-5-4-13-7-19(27-11-20(21,22)23)18(26-3)8-15(13)16(24)9-17(14)25/h7-8,12,14,16-17,25H,4-6,9-11H2,1-3H3. The molecule has 2 heterocycles. The molecular weight excluding hydrogens is 359 g/mol. The quantitative estimate of drug-likeness (QED) is 0.830. The Kier molecular flexibility index (Phi) is 5.91. The van der Waals surface area contributed by atoms with Crippen molar-refractivity contribution in [2.24, 2.45) is 11.8 Å². The van der Waals surface area contributed by atoms with Gasteiger partial charge in [-0.05, 0) is 54.4 Å². The molecule has 0 amide bonds. The topological polar surface area (TPSA) is 41.9 Å². The van der Waals surface area contributed by atoms with Crippen LogP contribution in [0.1, 0.15) is 43.9 Å². The number of fused-ring (bicyclic) bond motifs is 3. The predicted molar refractivity (Wildman–Crippen MR) is 96.1 cm³/mol. The van der Waals surface area contributed by atoms with Crippen molar-refractivity contribution < 1.29 is 27.8 Å². The first-order valence-electron chi connectivity index (χ1n) is 9.50. The molecule has 1 saturated heterocycles. The minimum Gasteiger partial charge on any atom is -0.493 e. The van der Waals surface area contributed by atoms with Crippen LogP contribution in [0.3, 0.4) is 0 Å². The van der Waals surface area contributed by atoms with Crippen molar-refractivity contribution >= 4 is 0 Å². The molecular formula is C20H28F3NO3. The molecule has 0 aromatic heterocycles. The van der Waals surface area contributed by atoms with Crippen molar-refractivity contribution in [2.75, 3.05) is 26.8 Å². The SMILES string of the molecule is COc1cc2c(cc1OCC(F)(F)F)CCN1CC(CC(C)C)C(O)CC21. The maximum absolute atomic E-state index is 12.5. The summed E-state index contributed by atoms with van der Waals surface area (Å²) in [6.45, 7) is 4.67. The van der Waals surface area contributed by atoms with Gasteiger partial charge in [0.25, 0.3) is 0 Å².